The summed E-state index contributed by atoms with van der Waals surface area (Å²) in [6.45, 7) is 1.86. The maximum absolute atomic E-state index is 6.01. The molecule has 14 heavy (non-hydrogen) atoms. The van der Waals surface area contributed by atoms with Gasteiger partial charge in [-0.3, -0.25) is 5.84 Å². The summed E-state index contributed by atoms with van der Waals surface area (Å²) in [5.74, 6) is 7.71. The molecule has 0 fully saturated rings. The number of benzene rings is 1. The molecule has 0 saturated carbocycles. The lowest BCUT2D eigenvalue weighted by Gasteiger charge is -2.11. The van der Waals surface area contributed by atoms with E-state index in [-0.39, 0.29) is 5.92 Å². The normalized spacial score (nSPS) is 11.9. The van der Waals surface area contributed by atoms with Crippen LogP contribution in [-0.4, -0.2) is 0 Å². The minimum Gasteiger partial charge on any atom is -0.324 e. The predicted octanol–water partition coefficient (Wildman–Crippen LogP) is 3.02. The zero-order valence-corrected chi connectivity index (χ0v) is 9.15. The first kappa shape index (κ1) is 11.2. The van der Waals surface area contributed by atoms with Crippen LogP contribution in [0, 0.1) is 12.3 Å². The Kier molecular flexibility index (Phi) is 3.65. The van der Waals surface area contributed by atoms with Gasteiger partial charge in [0.1, 0.15) is 0 Å². The van der Waals surface area contributed by atoms with Crippen molar-refractivity contribution in [2.24, 2.45) is 5.84 Å². The second-order valence-electron chi connectivity index (χ2n) is 2.89. The number of nitrogen functional groups attached to an aromatic ring is 1. The van der Waals surface area contributed by atoms with Crippen molar-refractivity contribution in [2.45, 2.75) is 12.8 Å². The molecule has 1 aromatic carbocycles. The fourth-order valence-corrected chi connectivity index (χ4v) is 1.98. The summed E-state index contributed by atoms with van der Waals surface area (Å²) in [6, 6.07) is 3.38. The van der Waals surface area contributed by atoms with Gasteiger partial charge in [-0.05, 0) is 19.1 Å². The molecule has 4 heteroatoms. The number of terminal acetylenes is 1. The lowest BCUT2D eigenvalue weighted by atomic mass is 10.0. The molecule has 0 aliphatic heterocycles. The van der Waals surface area contributed by atoms with Crippen LogP contribution in [0.5, 0.6) is 0 Å². The summed E-state index contributed by atoms with van der Waals surface area (Å²) in [5.41, 5.74) is 3.89. The highest BCUT2D eigenvalue weighted by Gasteiger charge is 2.12. The van der Waals surface area contributed by atoms with Crippen molar-refractivity contribution in [3.05, 3.63) is 27.7 Å². The van der Waals surface area contributed by atoms with Crippen LogP contribution in [0.2, 0.25) is 10.0 Å². The molecule has 0 aromatic heterocycles. The maximum Gasteiger partial charge on any atom is 0.0514 e. The lowest BCUT2D eigenvalue weighted by molar-refractivity contribution is 1.01. The van der Waals surface area contributed by atoms with Gasteiger partial charge in [0.05, 0.1) is 5.69 Å². The Labute approximate surface area is 93.4 Å². The molecule has 0 amide bonds. The van der Waals surface area contributed by atoms with Crippen LogP contribution in [-0.2, 0) is 0 Å². The fourth-order valence-electron chi connectivity index (χ4n) is 1.16. The van der Waals surface area contributed by atoms with E-state index >= 15 is 0 Å². The Bertz CT molecular complexity index is 359. The smallest absolute Gasteiger partial charge is 0.0514 e. The lowest BCUT2D eigenvalue weighted by Crippen LogP contribution is -2.07. The first-order valence-corrected chi connectivity index (χ1v) is 4.77. The standard InChI is InChI=1S/C10H10Cl2N2/c1-3-6(2)10-8(11)4-7(14-13)5-9(10)12/h1,4-6,14H,13H2,2H3. The highest BCUT2D eigenvalue weighted by molar-refractivity contribution is 6.36. The Hall–Kier alpha value is -0.880. The first-order valence-electron chi connectivity index (χ1n) is 4.01. The quantitative estimate of drug-likeness (QED) is 0.464. The van der Waals surface area contributed by atoms with Crippen molar-refractivity contribution in [2.75, 3.05) is 5.43 Å². The molecule has 1 atom stereocenters. The summed E-state index contributed by atoms with van der Waals surface area (Å²) in [7, 11) is 0. The van der Waals surface area contributed by atoms with Gasteiger partial charge in [0.25, 0.3) is 0 Å². The summed E-state index contributed by atoms with van der Waals surface area (Å²) < 4.78 is 0. The van der Waals surface area contributed by atoms with Crippen LogP contribution < -0.4 is 11.3 Å². The van der Waals surface area contributed by atoms with Gasteiger partial charge < -0.3 is 5.43 Å². The Morgan fingerprint density at radius 1 is 1.43 bits per heavy atom. The molecule has 74 valence electrons. The molecule has 3 N–H and O–H groups in total. The van der Waals surface area contributed by atoms with E-state index in [4.69, 9.17) is 35.5 Å². The summed E-state index contributed by atoms with van der Waals surface area (Å²) in [4.78, 5) is 0. The van der Waals surface area contributed by atoms with E-state index in [0.717, 1.165) is 5.56 Å². The molecule has 0 bridgehead atoms. The fraction of sp³-hybridized carbons (Fsp3) is 0.200. The highest BCUT2D eigenvalue weighted by Crippen LogP contribution is 2.33. The Morgan fingerprint density at radius 2 is 1.93 bits per heavy atom. The zero-order valence-electron chi connectivity index (χ0n) is 7.64. The van der Waals surface area contributed by atoms with E-state index in [1.165, 1.54) is 0 Å². The van der Waals surface area contributed by atoms with E-state index in [1.807, 2.05) is 6.92 Å². The highest BCUT2D eigenvalue weighted by atomic mass is 35.5. The summed E-state index contributed by atoms with van der Waals surface area (Å²) in [5, 5.41) is 1.05. The average Bonchev–Trinajstić information content (AvgIpc) is 2.16. The van der Waals surface area contributed by atoms with Crippen LogP contribution in [0.15, 0.2) is 12.1 Å². The molecule has 1 aromatic rings. The second-order valence-corrected chi connectivity index (χ2v) is 3.70. The van der Waals surface area contributed by atoms with Crippen molar-refractivity contribution < 1.29 is 0 Å². The molecular formula is C10H10Cl2N2. The van der Waals surface area contributed by atoms with Crippen molar-refractivity contribution in [1.29, 1.82) is 0 Å². The van der Waals surface area contributed by atoms with Gasteiger partial charge in [0.2, 0.25) is 0 Å². The summed E-state index contributed by atoms with van der Waals surface area (Å²) in [6.07, 6.45) is 5.30. The molecule has 1 unspecified atom stereocenters. The Morgan fingerprint density at radius 3 is 2.29 bits per heavy atom. The third kappa shape index (κ3) is 2.13. The average molecular weight is 229 g/mol. The topological polar surface area (TPSA) is 38.0 Å². The van der Waals surface area contributed by atoms with Gasteiger partial charge in [-0.25, -0.2) is 0 Å². The van der Waals surface area contributed by atoms with Crippen LogP contribution >= 0.6 is 23.2 Å². The molecular weight excluding hydrogens is 219 g/mol. The molecule has 0 saturated heterocycles. The third-order valence-corrected chi connectivity index (χ3v) is 2.55. The number of hydrogen-bond donors (Lipinski definition) is 2. The van der Waals surface area contributed by atoms with Gasteiger partial charge in [0.15, 0.2) is 0 Å². The minimum absolute atomic E-state index is 0.109. The predicted molar refractivity (Wildman–Crippen MR) is 61.5 cm³/mol. The first-order chi connectivity index (χ1) is 6.60. The van der Waals surface area contributed by atoms with Crippen LogP contribution in [0.1, 0.15) is 18.4 Å². The minimum atomic E-state index is -0.109. The largest absolute Gasteiger partial charge is 0.324 e. The van der Waals surface area contributed by atoms with E-state index in [0.29, 0.717) is 15.7 Å². The van der Waals surface area contributed by atoms with Gasteiger partial charge in [-0.1, -0.05) is 29.1 Å². The second kappa shape index (κ2) is 4.56. The van der Waals surface area contributed by atoms with E-state index in [2.05, 4.69) is 11.3 Å². The number of nitrogens with one attached hydrogen (secondary N) is 1. The van der Waals surface area contributed by atoms with E-state index in [9.17, 15) is 0 Å². The number of hydrazine groups is 1. The van der Waals surface area contributed by atoms with Crippen LogP contribution in [0.3, 0.4) is 0 Å². The van der Waals surface area contributed by atoms with Crippen molar-refractivity contribution in [3.8, 4) is 12.3 Å². The van der Waals surface area contributed by atoms with Crippen molar-refractivity contribution in [1.82, 2.24) is 0 Å². The molecule has 0 aliphatic carbocycles. The molecule has 0 heterocycles. The van der Waals surface area contributed by atoms with Crippen LogP contribution in [0.4, 0.5) is 5.69 Å². The zero-order chi connectivity index (χ0) is 10.7. The number of anilines is 1. The number of rotatable bonds is 2. The molecule has 0 aliphatic rings. The van der Waals surface area contributed by atoms with E-state index in [1.54, 1.807) is 12.1 Å². The monoisotopic (exact) mass is 228 g/mol. The van der Waals surface area contributed by atoms with Crippen molar-refractivity contribution in [3.63, 3.8) is 0 Å². The van der Waals surface area contributed by atoms with E-state index < -0.39 is 0 Å². The van der Waals surface area contributed by atoms with Crippen LogP contribution in [0.25, 0.3) is 0 Å². The number of halogens is 2. The number of hydrogen-bond acceptors (Lipinski definition) is 2. The SMILES string of the molecule is C#CC(C)c1c(Cl)cc(NN)cc1Cl. The van der Waals surface area contributed by atoms with Gasteiger partial charge in [-0.15, -0.1) is 6.42 Å². The third-order valence-electron chi connectivity index (χ3n) is 1.93. The van der Waals surface area contributed by atoms with Gasteiger partial charge in [0, 0.05) is 21.5 Å². The van der Waals surface area contributed by atoms with Gasteiger partial charge >= 0.3 is 0 Å². The molecule has 0 spiro atoms. The molecule has 1 rings (SSSR count). The Balaban J connectivity index is 3.26. The van der Waals surface area contributed by atoms with Gasteiger partial charge in [-0.2, -0.15) is 0 Å². The summed E-state index contributed by atoms with van der Waals surface area (Å²) >= 11 is 12.0. The molecule has 2 nitrogen and oxygen atoms in total. The molecule has 0 radical (unpaired) electrons. The maximum atomic E-state index is 6.01. The number of nitrogens with two attached hydrogens (primary N) is 1. The van der Waals surface area contributed by atoms with Crippen molar-refractivity contribution >= 4 is 28.9 Å².